The molecule has 0 saturated heterocycles. The molecular weight excluding hydrogens is 436 g/mol. The van der Waals surface area contributed by atoms with Gasteiger partial charge in [-0.05, 0) is 36.0 Å². The van der Waals surface area contributed by atoms with Gasteiger partial charge in [0.2, 0.25) is 10.0 Å². The van der Waals surface area contributed by atoms with Crippen LogP contribution < -0.4 is 20.3 Å². The normalized spacial score (nSPS) is 16.5. The number of nitrogens with two attached hydrogens (primary N) is 2. The van der Waals surface area contributed by atoms with Crippen molar-refractivity contribution in [1.82, 2.24) is 5.01 Å². The van der Waals surface area contributed by atoms with Crippen LogP contribution in [0.25, 0.3) is 0 Å². The SMILES string of the molecule is COc1cc(OC)c(S(N)(=O)=O)cc1C1=NN(C(N)=S)C(c2ccc(Cl)cc2)C1. The molecule has 8 nitrogen and oxygen atoms in total. The Morgan fingerprint density at radius 1 is 1.21 bits per heavy atom. The van der Waals surface area contributed by atoms with E-state index in [1.807, 2.05) is 12.1 Å². The highest BCUT2D eigenvalue weighted by molar-refractivity contribution is 7.89. The summed E-state index contributed by atoms with van der Waals surface area (Å²) in [7, 11) is -1.22. The van der Waals surface area contributed by atoms with Gasteiger partial charge in [0.1, 0.15) is 16.4 Å². The van der Waals surface area contributed by atoms with Gasteiger partial charge < -0.3 is 15.2 Å². The number of halogens is 1. The highest BCUT2D eigenvalue weighted by atomic mass is 35.5. The standard InChI is InChI=1S/C18H19ClN4O4S2/c1-26-15-9-16(27-2)17(29(21,24)25)7-12(15)13-8-14(23(22-13)18(20)28)10-3-5-11(19)6-4-10/h3-7,9,14H,8H2,1-2H3,(H2,20,28)(H2,21,24,25). The Morgan fingerprint density at radius 2 is 1.83 bits per heavy atom. The predicted molar refractivity (Wildman–Crippen MR) is 115 cm³/mol. The molecule has 1 unspecified atom stereocenters. The second-order valence-electron chi connectivity index (χ2n) is 6.25. The molecule has 0 saturated carbocycles. The fraction of sp³-hybridized carbons (Fsp3) is 0.222. The Bertz CT molecular complexity index is 1090. The van der Waals surface area contributed by atoms with E-state index < -0.39 is 10.0 Å². The number of primary sulfonamides is 1. The summed E-state index contributed by atoms with van der Waals surface area (Å²) >= 11 is 11.1. The minimum absolute atomic E-state index is 0.0761. The van der Waals surface area contributed by atoms with Crippen molar-refractivity contribution in [3.63, 3.8) is 0 Å². The van der Waals surface area contributed by atoms with Crippen LogP contribution in [-0.4, -0.2) is 38.5 Å². The number of hydrogen-bond acceptors (Lipinski definition) is 6. The lowest BCUT2D eigenvalue weighted by Crippen LogP contribution is -2.31. The van der Waals surface area contributed by atoms with E-state index in [1.54, 1.807) is 12.1 Å². The van der Waals surface area contributed by atoms with Crippen LogP contribution in [0.15, 0.2) is 46.4 Å². The van der Waals surface area contributed by atoms with Gasteiger partial charge in [-0.25, -0.2) is 18.6 Å². The van der Waals surface area contributed by atoms with E-state index in [0.29, 0.717) is 28.5 Å². The van der Waals surface area contributed by atoms with Crippen molar-refractivity contribution in [2.75, 3.05) is 14.2 Å². The van der Waals surface area contributed by atoms with Crippen LogP contribution in [0.2, 0.25) is 5.02 Å². The molecule has 1 aliphatic rings. The summed E-state index contributed by atoms with van der Waals surface area (Å²) in [5.41, 5.74) is 7.77. The molecule has 0 bridgehead atoms. The third-order valence-corrected chi connectivity index (χ3v) is 5.87. The third kappa shape index (κ3) is 4.30. The van der Waals surface area contributed by atoms with E-state index >= 15 is 0 Å². The zero-order valence-corrected chi connectivity index (χ0v) is 18.0. The van der Waals surface area contributed by atoms with Crippen LogP contribution in [0.3, 0.4) is 0 Å². The van der Waals surface area contributed by atoms with E-state index in [1.165, 1.54) is 31.4 Å². The van der Waals surface area contributed by atoms with Crippen LogP contribution in [0.4, 0.5) is 0 Å². The molecule has 0 aromatic heterocycles. The average molecular weight is 455 g/mol. The number of ether oxygens (including phenoxy) is 2. The Morgan fingerprint density at radius 3 is 2.34 bits per heavy atom. The fourth-order valence-electron chi connectivity index (χ4n) is 3.14. The van der Waals surface area contributed by atoms with Crippen LogP contribution in [-0.2, 0) is 10.0 Å². The van der Waals surface area contributed by atoms with Gasteiger partial charge in [-0.2, -0.15) is 5.10 Å². The first-order valence-electron chi connectivity index (χ1n) is 8.36. The molecule has 0 amide bonds. The van der Waals surface area contributed by atoms with Crippen LogP contribution in [0.5, 0.6) is 11.5 Å². The van der Waals surface area contributed by atoms with Crippen LogP contribution in [0, 0.1) is 0 Å². The number of hydrogen-bond donors (Lipinski definition) is 2. The summed E-state index contributed by atoms with van der Waals surface area (Å²) in [5, 5.41) is 12.1. The van der Waals surface area contributed by atoms with Crippen molar-refractivity contribution >= 4 is 44.7 Å². The molecule has 1 aliphatic heterocycles. The summed E-state index contributed by atoms with van der Waals surface area (Å²) < 4.78 is 34.6. The van der Waals surface area contributed by atoms with Gasteiger partial charge in [-0.1, -0.05) is 23.7 Å². The van der Waals surface area contributed by atoms with Gasteiger partial charge in [0.25, 0.3) is 0 Å². The van der Waals surface area contributed by atoms with E-state index in [4.69, 9.17) is 44.2 Å². The Hall–Kier alpha value is -2.40. The number of nitrogens with zero attached hydrogens (tertiary/aromatic N) is 2. The van der Waals surface area contributed by atoms with Gasteiger partial charge in [0, 0.05) is 23.1 Å². The van der Waals surface area contributed by atoms with Gasteiger partial charge in [0.05, 0.1) is 26.0 Å². The average Bonchev–Trinajstić information content (AvgIpc) is 3.12. The first-order valence-corrected chi connectivity index (χ1v) is 10.7. The zero-order chi connectivity index (χ0) is 21.3. The quantitative estimate of drug-likeness (QED) is 0.665. The third-order valence-electron chi connectivity index (χ3n) is 4.49. The Balaban J connectivity index is 2.11. The number of thiocarbonyl (C=S) groups is 1. The number of methoxy groups -OCH3 is 2. The van der Waals surface area contributed by atoms with Crippen molar-refractivity contribution < 1.29 is 17.9 Å². The smallest absolute Gasteiger partial charge is 0.241 e. The molecule has 0 spiro atoms. The maximum Gasteiger partial charge on any atom is 0.241 e. The van der Waals surface area contributed by atoms with E-state index in [9.17, 15) is 8.42 Å². The molecule has 1 heterocycles. The van der Waals surface area contributed by atoms with E-state index in [-0.39, 0.29) is 21.8 Å². The highest BCUT2D eigenvalue weighted by Gasteiger charge is 2.33. The summed E-state index contributed by atoms with van der Waals surface area (Å²) in [6.45, 7) is 0. The van der Waals surface area contributed by atoms with Crippen molar-refractivity contribution in [3.05, 3.63) is 52.5 Å². The summed E-state index contributed by atoms with van der Waals surface area (Å²) in [5.74, 6) is 0.458. The largest absolute Gasteiger partial charge is 0.496 e. The maximum atomic E-state index is 12.0. The maximum absolute atomic E-state index is 12.0. The summed E-state index contributed by atoms with van der Waals surface area (Å²) in [6.07, 6.45) is 0.408. The molecular formula is C18H19ClN4O4S2. The van der Waals surface area contributed by atoms with Crippen molar-refractivity contribution in [2.24, 2.45) is 16.0 Å². The summed E-state index contributed by atoms with van der Waals surface area (Å²) in [4.78, 5) is -0.171. The van der Waals surface area contributed by atoms with Crippen LogP contribution in [0.1, 0.15) is 23.6 Å². The lowest BCUT2D eigenvalue weighted by molar-refractivity contribution is 0.373. The molecule has 2 aromatic rings. The molecule has 4 N–H and O–H groups in total. The molecule has 1 atom stereocenters. The van der Waals surface area contributed by atoms with Crippen LogP contribution >= 0.6 is 23.8 Å². The Kier molecular flexibility index (Phi) is 5.99. The van der Waals surface area contributed by atoms with Gasteiger partial charge in [0.15, 0.2) is 5.11 Å². The Labute approximate surface area is 179 Å². The van der Waals surface area contributed by atoms with Crippen molar-refractivity contribution in [3.8, 4) is 11.5 Å². The van der Waals surface area contributed by atoms with Crippen molar-refractivity contribution in [1.29, 1.82) is 0 Å². The monoisotopic (exact) mass is 454 g/mol. The summed E-state index contributed by atoms with van der Waals surface area (Å²) in [6, 6.07) is 9.81. The molecule has 0 fully saturated rings. The number of rotatable bonds is 5. The first kappa shape index (κ1) is 21.3. The predicted octanol–water partition coefficient (Wildman–Crippen LogP) is 2.40. The minimum atomic E-state index is -4.04. The second kappa shape index (κ2) is 8.15. The molecule has 11 heteroatoms. The van der Waals surface area contributed by atoms with Crippen molar-refractivity contribution in [2.45, 2.75) is 17.4 Å². The molecule has 154 valence electrons. The first-order chi connectivity index (χ1) is 13.7. The number of hydrazone groups is 1. The second-order valence-corrected chi connectivity index (χ2v) is 8.63. The van der Waals surface area contributed by atoms with Gasteiger partial charge in [-0.3, -0.25) is 0 Å². The van der Waals surface area contributed by atoms with Gasteiger partial charge >= 0.3 is 0 Å². The topological polar surface area (TPSA) is 120 Å². The highest BCUT2D eigenvalue weighted by Crippen LogP contribution is 2.38. The van der Waals surface area contributed by atoms with E-state index in [0.717, 1.165) is 5.56 Å². The zero-order valence-electron chi connectivity index (χ0n) is 15.6. The number of benzene rings is 2. The lowest BCUT2D eigenvalue weighted by atomic mass is 9.98. The van der Waals surface area contributed by atoms with Gasteiger partial charge in [-0.15, -0.1) is 0 Å². The molecule has 29 heavy (non-hydrogen) atoms. The molecule has 0 radical (unpaired) electrons. The number of sulfonamides is 1. The molecule has 3 rings (SSSR count). The molecule has 0 aliphatic carbocycles. The lowest BCUT2D eigenvalue weighted by Gasteiger charge is -2.21. The minimum Gasteiger partial charge on any atom is -0.496 e. The molecule has 2 aromatic carbocycles. The van der Waals surface area contributed by atoms with E-state index in [2.05, 4.69) is 5.10 Å². The fourth-order valence-corrected chi connectivity index (χ4v) is 4.14.